The zero-order valence-corrected chi connectivity index (χ0v) is 11.8. The highest BCUT2D eigenvalue weighted by molar-refractivity contribution is 5.93. The third kappa shape index (κ3) is 2.95. The average molecular weight is 285 g/mol. The number of anilines is 1. The average Bonchev–Trinajstić information content (AvgIpc) is 3.19. The van der Waals surface area contributed by atoms with Crippen molar-refractivity contribution in [2.75, 3.05) is 11.9 Å². The van der Waals surface area contributed by atoms with Crippen LogP contribution in [0.3, 0.4) is 0 Å². The molecule has 0 bridgehead atoms. The molecule has 0 radical (unpaired) electrons. The maximum absolute atomic E-state index is 12.3. The second-order valence-corrected chi connectivity index (χ2v) is 5.41. The van der Waals surface area contributed by atoms with Gasteiger partial charge in [0.15, 0.2) is 0 Å². The van der Waals surface area contributed by atoms with Crippen molar-refractivity contribution in [3.05, 3.63) is 36.9 Å². The first-order chi connectivity index (χ1) is 10.3. The molecule has 6 heteroatoms. The Balaban J connectivity index is 1.66. The summed E-state index contributed by atoms with van der Waals surface area (Å²) in [5, 5.41) is 7.05. The molecule has 21 heavy (non-hydrogen) atoms. The maximum atomic E-state index is 12.3. The summed E-state index contributed by atoms with van der Waals surface area (Å²) in [7, 11) is 0. The van der Waals surface area contributed by atoms with Crippen molar-refractivity contribution < 1.29 is 4.79 Å². The Hall–Kier alpha value is -2.21. The van der Waals surface area contributed by atoms with Crippen LogP contribution in [0.2, 0.25) is 0 Å². The van der Waals surface area contributed by atoms with E-state index in [1.165, 1.54) is 6.33 Å². The number of carbonyl (C=O) groups excluding carboxylic acids is 1. The Morgan fingerprint density at radius 1 is 1.33 bits per heavy atom. The summed E-state index contributed by atoms with van der Waals surface area (Å²) in [5.41, 5.74) is 7.44. The van der Waals surface area contributed by atoms with E-state index in [9.17, 15) is 4.79 Å². The van der Waals surface area contributed by atoms with Crippen LogP contribution in [0.4, 0.5) is 5.69 Å². The summed E-state index contributed by atoms with van der Waals surface area (Å²) < 4.78 is 1.67. The molecule has 0 saturated heterocycles. The van der Waals surface area contributed by atoms with E-state index in [1.807, 2.05) is 24.3 Å². The van der Waals surface area contributed by atoms with E-state index in [2.05, 4.69) is 15.4 Å². The smallest absolute Gasteiger partial charge is 0.227 e. The predicted molar refractivity (Wildman–Crippen MR) is 79.9 cm³/mol. The van der Waals surface area contributed by atoms with Gasteiger partial charge in [-0.15, -0.1) is 0 Å². The standard InChI is InChI=1S/C15H19N5O/c16-8-11-2-1-3-14(11)15(21)19-12-4-6-13(7-5-12)20-10-17-9-18-20/h4-7,9-11,14H,1-3,8,16H2,(H,19,21). The van der Waals surface area contributed by atoms with Crippen molar-refractivity contribution in [3.63, 3.8) is 0 Å². The quantitative estimate of drug-likeness (QED) is 0.893. The fourth-order valence-electron chi connectivity index (χ4n) is 2.94. The monoisotopic (exact) mass is 285 g/mol. The molecule has 2 aromatic rings. The second-order valence-electron chi connectivity index (χ2n) is 5.41. The van der Waals surface area contributed by atoms with Gasteiger partial charge in [0.25, 0.3) is 0 Å². The van der Waals surface area contributed by atoms with Crippen molar-refractivity contribution in [1.29, 1.82) is 0 Å². The molecule has 3 rings (SSSR count). The summed E-state index contributed by atoms with van der Waals surface area (Å²) in [4.78, 5) is 16.2. The van der Waals surface area contributed by atoms with Crippen LogP contribution in [0.1, 0.15) is 19.3 Å². The van der Waals surface area contributed by atoms with Crippen molar-refractivity contribution in [2.24, 2.45) is 17.6 Å². The summed E-state index contributed by atoms with van der Waals surface area (Å²) in [6.45, 7) is 0.587. The largest absolute Gasteiger partial charge is 0.330 e. The highest BCUT2D eigenvalue weighted by atomic mass is 16.1. The van der Waals surface area contributed by atoms with Crippen molar-refractivity contribution in [2.45, 2.75) is 19.3 Å². The van der Waals surface area contributed by atoms with E-state index < -0.39 is 0 Å². The van der Waals surface area contributed by atoms with Crippen LogP contribution < -0.4 is 11.1 Å². The van der Waals surface area contributed by atoms with E-state index in [0.29, 0.717) is 12.5 Å². The fourth-order valence-corrected chi connectivity index (χ4v) is 2.94. The Morgan fingerprint density at radius 3 is 2.81 bits per heavy atom. The molecule has 1 aromatic carbocycles. The van der Waals surface area contributed by atoms with E-state index in [4.69, 9.17) is 5.73 Å². The van der Waals surface area contributed by atoms with Crippen molar-refractivity contribution in [3.8, 4) is 5.69 Å². The first kappa shape index (κ1) is 13.8. The molecular weight excluding hydrogens is 266 g/mol. The highest BCUT2D eigenvalue weighted by Gasteiger charge is 2.31. The molecule has 1 saturated carbocycles. The van der Waals surface area contributed by atoms with Gasteiger partial charge in [-0.05, 0) is 49.6 Å². The molecule has 1 aliphatic rings. The lowest BCUT2D eigenvalue weighted by Gasteiger charge is -2.17. The first-order valence-electron chi connectivity index (χ1n) is 7.24. The molecule has 2 unspecified atom stereocenters. The molecule has 3 N–H and O–H groups in total. The number of carbonyl (C=O) groups is 1. The molecule has 1 aromatic heterocycles. The second kappa shape index (κ2) is 6.05. The van der Waals surface area contributed by atoms with Gasteiger partial charge < -0.3 is 11.1 Å². The number of amides is 1. The van der Waals surface area contributed by atoms with E-state index in [0.717, 1.165) is 30.6 Å². The van der Waals surface area contributed by atoms with Gasteiger partial charge >= 0.3 is 0 Å². The first-order valence-corrected chi connectivity index (χ1v) is 7.24. The van der Waals surface area contributed by atoms with E-state index in [1.54, 1.807) is 11.0 Å². The van der Waals surface area contributed by atoms with Crippen molar-refractivity contribution >= 4 is 11.6 Å². The van der Waals surface area contributed by atoms with Gasteiger partial charge in [-0.3, -0.25) is 4.79 Å². The minimum atomic E-state index is 0.0463. The van der Waals surface area contributed by atoms with Crippen LogP contribution >= 0.6 is 0 Å². The molecule has 1 aliphatic carbocycles. The number of rotatable bonds is 4. The van der Waals surface area contributed by atoms with Crippen LogP contribution in [-0.2, 0) is 4.79 Å². The molecule has 0 aliphatic heterocycles. The summed E-state index contributed by atoms with van der Waals surface area (Å²) in [5.74, 6) is 0.445. The number of hydrogen-bond acceptors (Lipinski definition) is 4. The molecule has 0 spiro atoms. The van der Waals surface area contributed by atoms with Crippen LogP contribution in [0, 0.1) is 11.8 Å². The fraction of sp³-hybridized carbons (Fsp3) is 0.400. The van der Waals surface area contributed by atoms with Gasteiger partial charge in [-0.2, -0.15) is 5.10 Å². The van der Waals surface area contributed by atoms with Gasteiger partial charge in [0, 0.05) is 11.6 Å². The normalized spacial score (nSPS) is 21.4. The topological polar surface area (TPSA) is 85.8 Å². The van der Waals surface area contributed by atoms with Crippen LogP contribution in [0.25, 0.3) is 5.69 Å². The Bertz CT molecular complexity index is 593. The number of nitrogens with one attached hydrogen (secondary N) is 1. The minimum absolute atomic E-state index is 0.0463. The highest BCUT2D eigenvalue weighted by Crippen LogP contribution is 2.31. The Labute approximate surface area is 123 Å². The van der Waals surface area contributed by atoms with Gasteiger partial charge in [-0.1, -0.05) is 6.42 Å². The molecule has 1 amide bonds. The SMILES string of the molecule is NCC1CCCC1C(=O)Nc1ccc(-n2cncn2)cc1. The summed E-state index contributed by atoms with van der Waals surface area (Å²) >= 11 is 0. The summed E-state index contributed by atoms with van der Waals surface area (Å²) in [6.07, 6.45) is 6.20. The van der Waals surface area contributed by atoms with Crippen molar-refractivity contribution in [1.82, 2.24) is 14.8 Å². The number of benzene rings is 1. The van der Waals surface area contributed by atoms with Gasteiger partial charge in [0.2, 0.25) is 5.91 Å². The zero-order chi connectivity index (χ0) is 14.7. The van der Waals surface area contributed by atoms with Crippen LogP contribution in [-0.4, -0.2) is 27.2 Å². The lowest BCUT2D eigenvalue weighted by Crippen LogP contribution is -2.29. The molecule has 2 atom stereocenters. The number of nitrogens with two attached hydrogens (primary N) is 1. The van der Waals surface area contributed by atoms with Crippen LogP contribution in [0.15, 0.2) is 36.9 Å². The maximum Gasteiger partial charge on any atom is 0.227 e. The van der Waals surface area contributed by atoms with Crippen LogP contribution in [0.5, 0.6) is 0 Å². The number of nitrogens with zero attached hydrogens (tertiary/aromatic N) is 3. The molecule has 1 fully saturated rings. The van der Waals surface area contributed by atoms with E-state index in [-0.39, 0.29) is 11.8 Å². The van der Waals surface area contributed by atoms with E-state index >= 15 is 0 Å². The third-order valence-electron chi connectivity index (χ3n) is 4.12. The Kier molecular flexibility index (Phi) is 3.96. The number of hydrogen-bond donors (Lipinski definition) is 2. The lowest BCUT2D eigenvalue weighted by atomic mass is 9.95. The Morgan fingerprint density at radius 2 is 2.14 bits per heavy atom. The van der Waals surface area contributed by atoms with Gasteiger partial charge in [0.1, 0.15) is 12.7 Å². The molecule has 1 heterocycles. The number of aromatic nitrogens is 3. The van der Waals surface area contributed by atoms with Gasteiger partial charge in [-0.25, -0.2) is 9.67 Å². The lowest BCUT2D eigenvalue weighted by molar-refractivity contribution is -0.120. The predicted octanol–water partition coefficient (Wildman–Crippen LogP) is 1.58. The third-order valence-corrected chi connectivity index (χ3v) is 4.12. The summed E-state index contributed by atoms with van der Waals surface area (Å²) in [6, 6.07) is 7.56. The van der Waals surface area contributed by atoms with Gasteiger partial charge in [0.05, 0.1) is 5.69 Å². The zero-order valence-electron chi connectivity index (χ0n) is 11.8. The molecular formula is C15H19N5O. The molecule has 6 nitrogen and oxygen atoms in total. The minimum Gasteiger partial charge on any atom is -0.330 e. The molecule has 110 valence electrons.